The molecule has 1 aliphatic rings. The fraction of sp³-hybridized carbons (Fsp3) is 0.286. The van der Waals surface area contributed by atoms with Crippen LogP contribution in [0.1, 0.15) is 22.7 Å². The Morgan fingerprint density at radius 3 is 3.11 bits per heavy atom. The van der Waals surface area contributed by atoms with Crippen LogP contribution in [0.4, 0.5) is 5.13 Å². The Labute approximate surface area is 115 Å². The molecule has 1 aromatic heterocycles. The van der Waals surface area contributed by atoms with E-state index in [1.54, 1.807) is 0 Å². The van der Waals surface area contributed by atoms with Gasteiger partial charge < -0.3 is 10.6 Å². The summed E-state index contributed by atoms with van der Waals surface area (Å²) < 4.78 is 0. The van der Waals surface area contributed by atoms with Crippen LogP contribution >= 0.6 is 11.3 Å². The zero-order valence-corrected chi connectivity index (χ0v) is 11.5. The van der Waals surface area contributed by atoms with Crippen LogP contribution in [0.5, 0.6) is 0 Å². The molecule has 0 radical (unpaired) electrons. The van der Waals surface area contributed by atoms with Crippen molar-refractivity contribution >= 4 is 22.4 Å². The van der Waals surface area contributed by atoms with E-state index < -0.39 is 0 Å². The van der Waals surface area contributed by atoms with Crippen molar-refractivity contribution in [2.75, 3.05) is 11.9 Å². The van der Waals surface area contributed by atoms with Gasteiger partial charge in [0.2, 0.25) is 5.91 Å². The number of fused-ring (bicyclic) bond motifs is 1. The van der Waals surface area contributed by atoms with Gasteiger partial charge in [-0.25, -0.2) is 4.98 Å². The number of benzene rings is 1. The van der Waals surface area contributed by atoms with Gasteiger partial charge in [0, 0.05) is 18.5 Å². The number of carbonyl (C=O) groups excluding carboxylic acids is 1. The summed E-state index contributed by atoms with van der Waals surface area (Å²) in [5.41, 5.74) is 3.25. The largest absolute Gasteiger partial charge is 0.312 e. The summed E-state index contributed by atoms with van der Waals surface area (Å²) >= 11 is 1.46. The molecule has 3 rings (SSSR count). The lowest BCUT2D eigenvalue weighted by Gasteiger charge is -2.25. The SMILES string of the molecule is Cc1csc(NC(=O)C2CNCc3ccccc32)n1. The summed E-state index contributed by atoms with van der Waals surface area (Å²) in [4.78, 5) is 16.6. The summed E-state index contributed by atoms with van der Waals surface area (Å²) in [6.45, 7) is 3.42. The smallest absolute Gasteiger partial charge is 0.235 e. The first kappa shape index (κ1) is 12.3. The first-order valence-corrected chi connectivity index (χ1v) is 7.13. The van der Waals surface area contributed by atoms with Crippen LogP contribution in [0.2, 0.25) is 0 Å². The maximum Gasteiger partial charge on any atom is 0.235 e. The van der Waals surface area contributed by atoms with E-state index >= 15 is 0 Å². The standard InChI is InChI=1S/C14H15N3OS/c1-9-8-19-14(16-9)17-13(18)12-7-15-6-10-4-2-3-5-11(10)12/h2-5,8,12,15H,6-7H2,1H3,(H,16,17,18). The highest BCUT2D eigenvalue weighted by molar-refractivity contribution is 7.13. The fourth-order valence-corrected chi connectivity index (χ4v) is 3.03. The second kappa shape index (κ2) is 5.11. The van der Waals surface area contributed by atoms with Crippen LogP contribution in [0.3, 0.4) is 0 Å². The van der Waals surface area contributed by atoms with E-state index in [-0.39, 0.29) is 11.8 Å². The molecule has 2 N–H and O–H groups in total. The molecule has 5 heteroatoms. The van der Waals surface area contributed by atoms with Gasteiger partial charge in [-0.05, 0) is 18.1 Å². The van der Waals surface area contributed by atoms with Crippen LogP contribution in [0.15, 0.2) is 29.6 Å². The van der Waals surface area contributed by atoms with E-state index in [0.717, 1.165) is 17.8 Å². The fourth-order valence-electron chi connectivity index (χ4n) is 2.33. The molecule has 1 amide bonds. The van der Waals surface area contributed by atoms with Gasteiger partial charge in [-0.1, -0.05) is 24.3 Å². The van der Waals surface area contributed by atoms with E-state index in [4.69, 9.17) is 0 Å². The third-order valence-electron chi connectivity index (χ3n) is 3.26. The second-order valence-electron chi connectivity index (χ2n) is 4.67. The van der Waals surface area contributed by atoms with E-state index in [9.17, 15) is 4.79 Å². The van der Waals surface area contributed by atoms with Crippen LogP contribution < -0.4 is 10.6 Å². The lowest BCUT2D eigenvalue weighted by Crippen LogP contribution is -2.35. The quantitative estimate of drug-likeness (QED) is 0.882. The minimum absolute atomic E-state index is 0.00833. The number of anilines is 1. The highest BCUT2D eigenvalue weighted by Crippen LogP contribution is 2.25. The number of amides is 1. The van der Waals surface area contributed by atoms with Gasteiger partial charge in [0.1, 0.15) is 0 Å². The van der Waals surface area contributed by atoms with Crippen LogP contribution in [0, 0.1) is 6.92 Å². The molecule has 0 saturated heterocycles. The molecular formula is C14H15N3OS. The van der Waals surface area contributed by atoms with Gasteiger partial charge in [-0.2, -0.15) is 0 Å². The molecular weight excluding hydrogens is 258 g/mol. The van der Waals surface area contributed by atoms with Gasteiger partial charge in [-0.15, -0.1) is 11.3 Å². The van der Waals surface area contributed by atoms with E-state index in [2.05, 4.69) is 21.7 Å². The molecule has 0 spiro atoms. The molecule has 2 heterocycles. The second-order valence-corrected chi connectivity index (χ2v) is 5.52. The average molecular weight is 273 g/mol. The minimum Gasteiger partial charge on any atom is -0.312 e. The van der Waals surface area contributed by atoms with E-state index in [0.29, 0.717) is 11.7 Å². The van der Waals surface area contributed by atoms with Gasteiger partial charge in [-0.3, -0.25) is 4.79 Å². The Morgan fingerprint density at radius 1 is 1.47 bits per heavy atom. The number of nitrogens with one attached hydrogen (secondary N) is 2. The van der Waals surface area contributed by atoms with Gasteiger partial charge in [0.05, 0.1) is 11.6 Å². The molecule has 0 saturated carbocycles. The molecule has 1 atom stereocenters. The summed E-state index contributed by atoms with van der Waals surface area (Å²) in [5.74, 6) is -0.136. The third-order valence-corrected chi connectivity index (χ3v) is 4.14. The van der Waals surface area contributed by atoms with Gasteiger partial charge in [0.15, 0.2) is 5.13 Å². The molecule has 1 aromatic carbocycles. The Kier molecular flexibility index (Phi) is 3.31. The van der Waals surface area contributed by atoms with Crippen molar-refractivity contribution in [3.05, 3.63) is 46.5 Å². The van der Waals surface area contributed by atoms with Crippen molar-refractivity contribution in [1.82, 2.24) is 10.3 Å². The average Bonchev–Trinajstić information content (AvgIpc) is 2.83. The highest BCUT2D eigenvalue weighted by Gasteiger charge is 2.26. The lowest BCUT2D eigenvalue weighted by molar-refractivity contribution is -0.117. The molecule has 0 bridgehead atoms. The first-order valence-electron chi connectivity index (χ1n) is 6.25. The summed E-state index contributed by atoms with van der Waals surface area (Å²) in [6.07, 6.45) is 0. The molecule has 0 aliphatic carbocycles. The van der Waals surface area contributed by atoms with Crippen LogP contribution in [-0.4, -0.2) is 17.4 Å². The predicted molar refractivity (Wildman–Crippen MR) is 76.4 cm³/mol. The Hall–Kier alpha value is -1.72. The number of aromatic nitrogens is 1. The number of rotatable bonds is 2. The first-order chi connectivity index (χ1) is 9.24. The van der Waals surface area contributed by atoms with E-state index in [1.807, 2.05) is 30.5 Å². The van der Waals surface area contributed by atoms with Crippen molar-refractivity contribution in [2.45, 2.75) is 19.4 Å². The Bertz CT molecular complexity index is 608. The highest BCUT2D eigenvalue weighted by atomic mass is 32.1. The molecule has 4 nitrogen and oxygen atoms in total. The summed E-state index contributed by atoms with van der Waals surface area (Å²) in [5, 5.41) is 8.79. The molecule has 19 heavy (non-hydrogen) atoms. The molecule has 1 aliphatic heterocycles. The number of hydrogen-bond donors (Lipinski definition) is 2. The molecule has 98 valence electrons. The van der Waals surface area contributed by atoms with E-state index in [1.165, 1.54) is 16.9 Å². The Balaban J connectivity index is 1.81. The summed E-state index contributed by atoms with van der Waals surface area (Å²) in [7, 11) is 0. The van der Waals surface area contributed by atoms with Crippen molar-refractivity contribution in [3.8, 4) is 0 Å². The molecule has 0 fully saturated rings. The normalized spacial score (nSPS) is 17.8. The van der Waals surface area contributed by atoms with Crippen LogP contribution in [0.25, 0.3) is 0 Å². The van der Waals surface area contributed by atoms with Crippen molar-refractivity contribution in [3.63, 3.8) is 0 Å². The van der Waals surface area contributed by atoms with Crippen molar-refractivity contribution < 1.29 is 4.79 Å². The maximum absolute atomic E-state index is 12.4. The number of hydrogen-bond acceptors (Lipinski definition) is 4. The minimum atomic E-state index is -0.144. The number of aryl methyl sites for hydroxylation is 1. The van der Waals surface area contributed by atoms with Crippen LogP contribution in [-0.2, 0) is 11.3 Å². The number of carbonyl (C=O) groups is 1. The van der Waals surface area contributed by atoms with Crippen molar-refractivity contribution in [2.24, 2.45) is 0 Å². The number of nitrogens with zero attached hydrogens (tertiary/aromatic N) is 1. The molecule has 1 unspecified atom stereocenters. The Morgan fingerprint density at radius 2 is 2.32 bits per heavy atom. The zero-order chi connectivity index (χ0) is 13.2. The monoisotopic (exact) mass is 273 g/mol. The van der Waals surface area contributed by atoms with Gasteiger partial charge >= 0.3 is 0 Å². The molecule has 2 aromatic rings. The van der Waals surface area contributed by atoms with Crippen molar-refractivity contribution in [1.29, 1.82) is 0 Å². The lowest BCUT2D eigenvalue weighted by atomic mass is 9.90. The van der Waals surface area contributed by atoms with Gasteiger partial charge in [0.25, 0.3) is 0 Å². The third kappa shape index (κ3) is 2.52. The topological polar surface area (TPSA) is 54.0 Å². The zero-order valence-electron chi connectivity index (χ0n) is 10.6. The summed E-state index contributed by atoms with van der Waals surface area (Å²) in [6, 6.07) is 8.09. The predicted octanol–water partition coefficient (Wildman–Crippen LogP) is 2.28. The number of thiazole rings is 1. The maximum atomic E-state index is 12.4.